The van der Waals surface area contributed by atoms with Gasteiger partial charge in [-0.05, 0) is 36.6 Å². The van der Waals surface area contributed by atoms with E-state index in [0.717, 1.165) is 23.1 Å². The summed E-state index contributed by atoms with van der Waals surface area (Å²) in [5, 5.41) is 8.59. The van der Waals surface area contributed by atoms with E-state index in [1.165, 1.54) is 17.1 Å². The van der Waals surface area contributed by atoms with Crippen LogP contribution in [0.3, 0.4) is 0 Å². The topological polar surface area (TPSA) is 55.6 Å². The first-order valence-corrected chi connectivity index (χ1v) is 8.58. The van der Waals surface area contributed by atoms with Crippen molar-refractivity contribution in [2.45, 2.75) is 33.2 Å². The van der Waals surface area contributed by atoms with Crippen LogP contribution >= 0.6 is 11.5 Å². The van der Waals surface area contributed by atoms with Crippen molar-refractivity contribution in [2.75, 3.05) is 5.32 Å². The predicted molar refractivity (Wildman–Crippen MR) is 94.1 cm³/mol. The lowest BCUT2D eigenvalue weighted by atomic mass is 10.1. The van der Waals surface area contributed by atoms with E-state index in [2.05, 4.69) is 64.8 Å². The molecule has 0 radical (unpaired) electrons. The van der Waals surface area contributed by atoms with Gasteiger partial charge in [0.1, 0.15) is 5.82 Å². The summed E-state index contributed by atoms with van der Waals surface area (Å²) in [4.78, 5) is 4.57. The molecule has 0 bridgehead atoms. The van der Waals surface area contributed by atoms with Crippen LogP contribution in [0.4, 0.5) is 5.13 Å². The Balaban J connectivity index is 1.72. The Kier molecular flexibility index (Phi) is 4.71. The zero-order valence-electron chi connectivity index (χ0n) is 13.6. The maximum Gasteiger partial charge on any atom is 0.203 e. The molecule has 0 saturated heterocycles. The molecule has 1 N–H and O–H groups in total. The van der Waals surface area contributed by atoms with Gasteiger partial charge in [0, 0.05) is 30.3 Å². The zero-order chi connectivity index (χ0) is 16.2. The van der Waals surface area contributed by atoms with Gasteiger partial charge in [-0.1, -0.05) is 26.0 Å². The first-order chi connectivity index (χ1) is 11.1. The van der Waals surface area contributed by atoms with Gasteiger partial charge in [-0.3, -0.25) is 0 Å². The predicted octanol–water partition coefficient (Wildman–Crippen LogP) is 4.10. The lowest BCUT2D eigenvalue weighted by Gasteiger charge is -2.14. The van der Waals surface area contributed by atoms with E-state index >= 15 is 0 Å². The van der Waals surface area contributed by atoms with E-state index in [0.29, 0.717) is 5.92 Å². The van der Waals surface area contributed by atoms with E-state index in [1.807, 2.05) is 16.9 Å². The molecule has 0 saturated carbocycles. The van der Waals surface area contributed by atoms with Crippen molar-refractivity contribution in [3.63, 3.8) is 0 Å². The number of rotatable bonds is 6. The van der Waals surface area contributed by atoms with Crippen LogP contribution in [0.2, 0.25) is 0 Å². The molecule has 120 valence electrons. The third kappa shape index (κ3) is 3.96. The summed E-state index contributed by atoms with van der Waals surface area (Å²) in [5.74, 6) is 1.49. The van der Waals surface area contributed by atoms with Gasteiger partial charge in [0.05, 0.1) is 11.7 Å². The Morgan fingerprint density at radius 1 is 1.22 bits per heavy atom. The molecule has 0 aliphatic heterocycles. The lowest BCUT2D eigenvalue weighted by molar-refractivity contribution is 0.627. The lowest BCUT2D eigenvalue weighted by Crippen LogP contribution is -2.07. The molecule has 0 amide bonds. The van der Waals surface area contributed by atoms with E-state index in [-0.39, 0.29) is 6.04 Å². The standard InChI is InChI=1S/C17H21N5S/c1-12(2)10-16-20-17(23-21-16)19-13(3)14-6-4-7-15(11-14)22-9-5-8-18-22/h4-9,11-13H,10H2,1-3H3,(H,19,20,21). The largest absolute Gasteiger partial charge is 0.354 e. The molecule has 1 aromatic carbocycles. The van der Waals surface area contributed by atoms with E-state index in [9.17, 15) is 0 Å². The maximum absolute atomic E-state index is 4.57. The second kappa shape index (κ2) is 6.91. The van der Waals surface area contributed by atoms with Crippen LogP contribution < -0.4 is 5.32 Å². The van der Waals surface area contributed by atoms with E-state index in [1.54, 1.807) is 6.20 Å². The summed E-state index contributed by atoms with van der Waals surface area (Å²) >= 11 is 1.43. The van der Waals surface area contributed by atoms with Crippen molar-refractivity contribution in [2.24, 2.45) is 5.92 Å². The number of anilines is 1. The molecule has 5 nitrogen and oxygen atoms in total. The van der Waals surface area contributed by atoms with Crippen LogP contribution in [0.1, 0.15) is 38.2 Å². The second-order valence-corrected chi connectivity index (χ2v) is 6.78. The summed E-state index contributed by atoms with van der Waals surface area (Å²) in [6.45, 7) is 6.49. The minimum atomic E-state index is 0.158. The van der Waals surface area contributed by atoms with E-state index in [4.69, 9.17) is 0 Å². The van der Waals surface area contributed by atoms with Crippen LogP contribution in [-0.4, -0.2) is 19.1 Å². The molecule has 6 heteroatoms. The Morgan fingerprint density at radius 2 is 2.09 bits per heavy atom. The van der Waals surface area contributed by atoms with Crippen molar-refractivity contribution in [1.82, 2.24) is 19.1 Å². The zero-order valence-corrected chi connectivity index (χ0v) is 14.4. The number of nitrogens with one attached hydrogen (secondary N) is 1. The molecule has 1 atom stereocenters. The molecule has 0 aliphatic rings. The van der Waals surface area contributed by atoms with Crippen molar-refractivity contribution in [3.8, 4) is 5.69 Å². The van der Waals surface area contributed by atoms with Crippen molar-refractivity contribution >= 4 is 16.7 Å². The van der Waals surface area contributed by atoms with Gasteiger partial charge in [0.15, 0.2) is 0 Å². The molecular weight excluding hydrogens is 306 g/mol. The highest BCUT2D eigenvalue weighted by Gasteiger charge is 2.11. The number of nitrogens with zero attached hydrogens (tertiary/aromatic N) is 4. The SMILES string of the molecule is CC(C)Cc1nsc(NC(C)c2cccc(-n3cccn3)c2)n1. The third-order valence-corrected chi connectivity index (χ3v) is 4.22. The molecular formula is C17H21N5S. The van der Waals surface area contributed by atoms with Gasteiger partial charge < -0.3 is 5.32 Å². The third-order valence-electron chi connectivity index (χ3n) is 3.54. The van der Waals surface area contributed by atoms with Crippen LogP contribution in [0.15, 0.2) is 42.7 Å². The monoisotopic (exact) mass is 327 g/mol. The molecule has 0 aliphatic carbocycles. The molecule has 0 fully saturated rings. The quantitative estimate of drug-likeness (QED) is 0.741. The van der Waals surface area contributed by atoms with Crippen LogP contribution in [-0.2, 0) is 6.42 Å². The molecule has 2 heterocycles. The average Bonchev–Trinajstić information content (AvgIpc) is 3.19. The Labute approximate surface area is 140 Å². The number of aromatic nitrogens is 4. The van der Waals surface area contributed by atoms with Gasteiger partial charge in [0.25, 0.3) is 0 Å². The van der Waals surface area contributed by atoms with Crippen molar-refractivity contribution < 1.29 is 0 Å². The van der Waals surface area contributed by atoms with Crippen molar-refractivity contribution in [1.29, 1.82) is 0 Å². The van der Waals surface area contributed by atoms with Crippen molar-refractivity contribution in [3.05, 3.63) is 54.1 Å². The summed E-state index contributed by atoms with van der Waals surface area (Å²) in [5.41, 5.74) is 2.25. The van der Waals surface area contributed by atoms with Crippen LogP contribution in [0, 0.1) is 5.92 Å². The summed E-state index contributed by atoms with van der Waals surface area (Å²) in [6.07, 6.45) is 4.65. The summed E-state index contributed by atoms with van der Waals surface area (Å²) in [7, 11) is 0. The van der Waals surface area contributed by atoms with Gasteiger partial charge in [0.2, 0.25) is 5.13 Å². The van der Waals surface area contributed by atoms with Gasteiger partial charge >= 0.3 is 0 Å². The van der Waals surface area contributed by atoms with Crippen LogP contribution in [0.5, 0.6) is 0 Å². The highest BCUT2D eigenvalue weighted by atomic mass is 32.1. The highest BCUT2D eigenvalue weighted by molar-refractivity contribution is 7.09. The molecule has 3 rings (SSSR count). The molecule has 1 unspecified atom stereocenters. The van der Waals surface area contributed by atoms with Gasteiger partial charge in [-0.15, -0.1) is 0 Å². The number of hydrogen-bond acceptors (Lipinski definition) is 5. The Bertz CT molecular complexity index is 748. The van der Waals surface area contributed by atoms with Gasteiger partial charge in [-0.25, -0.2) is 9.67 Å². The highest BCUT2D eigenvalue weighted by Crippen LogP contribution is 2.23. The van der Waals surface area contributed by atoms with E-state index < -0.39 is 0 Å². The Hall–Kier alpha value is -2.21. The first kappa shape index (κ1) is 15.7. The second-order valence-electron chi connectivity index (χ2n) is 6.03. The van der Waals surface area contributed by atoms with Crippen LogP contribution in [0.25, 0.3) is 5.69 Å². The molecule has 0 spiro atoms. The fraction of sp³-hybridized carbons (Fsp3) is 0.353. The number of hydrogen-bond donors (Lipinski definition) is 1. The minimum absolute atomic E-state index is 0.158. The Morgan fingerprint density at radius 3 is 2.83 bits per heavy atom. The summed E-state index contributed by atoms with van der Waals surface area (Å²) in [6, 6.07) is 10.4. The first-order valence-electron chi connectivity index (χ1n) is 7.81. The average molecular weight is 327 g/mol. The molecule has 23 heavy (non-hydrogen) atoms. The fourth-order valence-electron chi connectivity index (χ4n) is 2.39. The van der Waals surface area contributed by atoms with Gasteiger partial charge in [-0.2, -0.15) is 9.47 Å². The minimum Gasteiger partial charge on any atom is -0.354 e. The fourth-order valence-corrected chi connectivity index (χ4v) is 3.07. The maximum atomic E-state index is 4.57. The summed E-state index contributed by atoms with van der Waals surface area (Å²) < 4.78 is 6.28. The molecule has 3 aromatic rings. The smallest absolute Gasteiger partial charge is 0.203 e. The normalized spacial score (nSPS) is 12.5. The molecule has 2 aromatic heterocycles. The number of benzene rings is 1.